The van der Waals surface area contributed by atoms with Gasteiger partial charge in [0.15, 0.2) is 0 Å². The number of aromatic nitrogens is 2. The molecule has 0 aliphatic carbocycles. The largest absolute Gasteiger partial charge is 0.366 e. The number of hydrogen-bond acceptors (Lipinski definition) is 6. The van der Waals surface area contributed by atoms with E-state index < -0.39 is 10.0 Å². The van der Waals surface area contributed by atoms with E-state index in [0.717, 1.165) is 35.1 Å². The van der Waals surface area contributed by atoms with Gasteiger partial charge in [0.2, 0.25) is 10.0 Å². The van der Waals surface area contributed by atoms with Crippen LogP contribution in [0.2, 0.25) is 0 Å². The molecule has 0 atom stereocenters. The van der Waals surface area contributed by atoms with Gasteiger partial charge in [-0.1, -0.05) is 18.2 Å². The van der Waals surface area contributed by atoms with Gasteiger partial charge < -0.3 is 10.2 Å². The Morgan fingerprint density at radius 1 is 1.10 bits per heavy atom. The van der Waals surface area contributed by atoms with Crippen LogP contribution in [0.3, 0.4) is 0 Å². The van der Waals surface area contributed by atoms with Crippen molar-refractivity contribution < 1.29 is 8.42 Å². The maximum absolute atomic E-state index is 12.6. The van der Waals surface area contributed by atoms with E-state index >= 15 is 0 Å². The molecule has 8 heteroatoms. The van der Waals surface area contributed by atoms with E-state index in [0.29, 0.717) is 25.5 Å². The fraction of sp³-hybridized carbons (Fsp3) is 0.333. The van der Waals surface area contributed by atoms with E-state index in [4.69, 9.17) is 0 Å². The Balaban J connectivity index is 1.54. The van der Waals surface area contributed by atoms with Gasteiger partial charge in [-0.25, -0.2) is 18.4 Å². The molecule has 0 unspecified atom stereocenters. The number of nitrogens with zero attached hydrogens (tertiary/aromatic N) is 4. The number of sulfonamides is 1. The van der Waals surface area contributed by atoms with Gasteiger partial charge in [0.25, 0.3) is 0 Å². The predicted octanol–water partition coefficient (Wildman–Crippen LogP) is 3.09. The van der Waals surface area contributed by atoms with Crippen LogP contribution in [-0.4, -0.2) is 49.9 Å². The lowest BCUT2D eigenvalue weighted by Crippen LogP contribution is -2.27. The van der Waals surface area contributed by atoms with Crippen molar-refractivity contribution in [3.63, 3.8) is 0 Å². The highest BCUT2D eigenvalue weighted by atomic mass is 32.2. The molecule has 2 aromatic heterocycles. The summed E-state index contributed by atoms with van der Waals surface area (Å²) in [6.45, 7) is 1.74. The van der Waals surface area contributed by atoms with Crippen molar-refractivity contribution in [1.82, 2.24) is 14.3 Å². The van der Waals surface area contributed by atoms with Gasteiger partial charge in [-0.05, 0) is 42.7 Å². The van der Waals surface area contributed by atoms with Gasteiger partial charge in [-0.3, -0.25) is 0 Å². The number of pyridine rings is 2. The van der Waals surface area contributed by atoms with Crippen molar-refractivity contribution in [1.29, 1.82) is 0 Å². The predicted molar refractivity (Wildman–Crippen MR) is 116 cm³/mol. The smallest absolute Gasteiger partial charge is 0.244 e. The Bertz CT molecular complexity index is 1110. The van der Waals surface area contributed by atoms with Gasteiger partial charge in [0.1, 0.15) is 16.5 Å². The lowest BCUT2D eigenvalue weighted by molar-refractivity contribution is 0.477. The van der Waals surface area contributed by atoms with E-state index in [2.05, 4.69) is 27.4 Å². The second kappa shape index (κ2) is 7.96. The van der Waals surface area contributed by atoms with Crippen molar-refractivity contribution in [3.05, 3.63) is 54.2 Å². The van der Waals surface area contributed by atoms with Crippen LogP contribution in [0, 0.1) is 0 Å². The van der Waals surface area contributed by atoms with Gasteiger partial charge >= 0.3 is 0 Å². The maximum Gasteiger partial charge on any atom is 0.244 e. The minimum Gasteiger partial charge on any atom is -0.366 e. The highest BCUT2D eigenvalue weighted by Crippen LogP contribution is 2.24. The van der Waals surface area contributed by atoms with Crippen LogP contribution in [0.1, 0.15) is 18.4 Å². The third kappa shape index (κ3) is 4.04. The Hall–Kier alpha value is -2.71. The third-order valence-electron chi connectivity index (χ3n) is 5.15. The van der Waals surface area contributed by atoms with Crippen LogP contribution >= 0.6 is 0 Å². The molecule has 29 heavy (non-hydrogen) atoms. The van der Waals surface area contributed by atoms with E-state index in [1.54, 1.807) is 12.1 Å². The average molecular weight is 412 g/mol. The Morgan fingerprint density at radius 2 is 1.86 bits per heavy atom. The zero-order valence-corrected chi connectivity index (χ0v) is 17.5. The molecule has 7 nitrogen and oxygen atoms in total. The lowest BCUT2D eigenvalue weighted by atomic mass is 10.1. The van der Waals surface area contributed by atoms with Crippen LogP contribution in [-0.2, 0) is 16.6 Å². The first-order valence-corrected chi connectivity index (χ1v) is 11.2. The van der Waals surface area contributed by atoms with Crippen molar-refractivity contribution in [3.8, 4) is 0 Å². The Labute approximate surface area is 171 Å². The lowest BCUT2D eigenvalue weighted by Gasteiger charge is -2.16. The molecule has 0 amide bonds. The number of hydrogen-bond donors (Lipinski definition) is 1. The molecule has 3 heterocycles. The number of para-hydroxylation sites is 1. The van der Waals surface area contributed by atoms with Crippen LogP contribution in [0.5, 0.6) is 0 Å². The van der Waals surface area contributed by atoms with Gasteiger partial charge in [0, 0.05) is 45.3 Å². The summed E-state index contributed by atoms with van der Waals surface area (Å²) in [7, 11) is 0.498. The summed E-state index contributed by atoms with van der Waals surface area (Å²) in [5.41, 5.74) is 2.05. The molecular formula is C21H25N5O2S. The highest BCUT2D eigenvalue weighted by Gasteiger charge is 2.27. The zero-order valence-electron chi connectivity index (χ0n) is 16.7. The summed E-state index contributed by atoms with van der Waals surface area (Å²) in [4.78, 5) is 11.2. The molecule has 152 valence electrons. The number of rotatable bonds is 6. The van der Waals surface area contributed by atoms with Crippen LogP contribution in [0.4, 0.5) is 11.6 Å². The molecule has 1 aromatic carbocycles. The monoisotopic (exact) mass is 411 g/mol. The van der Waals surface area contributed by atoms with Crippen molar-refractivity contribution in [2.75, 3.05) is 37.4 Å². The SMILES string of the molecule is CN(C)c1cc(CNc2ccc(S(=O)(=O)N3CCCC3)cn2)c2ccccc2n1. The Morgan fingerprint density at radius 3 is 2.55 bits per heavy atom. The summed E-state index contributed by atoms with van der Waals surface area (Å²) in [5, 5.41) is 4.38. The molecule has 1 fully saturated rings. The van der Waals surface area contributed by atoms with Crippen molar-refractivity contribution in [2.45, 2.75) is 24.3 Å². The number of benzene rings is 1. The first-order valence-electron chi connectivity index (χ1n) is 9.71. The average Bonchev–Trinajstić information content (AvgIpc) is 3.28. The fourth-order valence-electron chi connectivity index (χ4n) is 3.51. The fourth-order valence-corrected chi connectivity index (χ4v) is 4.97. The van der Waals surface area contributed by atoms with E-state index in [9.17, 15) is 8.42 Å². The van der Waals surface area contributed by atoms with E-state index in [1.165, 1.54) is 10.5 Å². The minimum atomic E-state index is -3.44. The molecule has 0 saturated carbocycles. The first-order chi connectivity index (χ1) is 13.9. The van der Waals surface area contributed by atoms with Crippen LogP contribution in [0.25, 0.3) is 10.9 Å². The number of nitrogens with one attached hydrogen (secondary N) is 1. The first kappa shape index (κ1) is 19.6. The molecule has 1 N–H and O–H groups in total. The summed E-state index contributed by atoms with van der Waals surface area (Å²) >= 11 is 0. The molecule has 0 bridgehead atoms. The molecule has 0 radical (unpaired) electrons. The molecule has 3 aromatic rings. The third-order valence-corrected chi connectivity index (χ3v) is 7.03. The number of fused-ring (bicyclic) bond motifs is 1. The van der Waals surface area contributed by atoms with Crippen molar-refractivity contribution >= 4 is 32.6 Å². The Kier molecular flexibility index (Phi) is 5.38. The molecule has 1 saturated heterocycles. The molecule has 4 rings (SSSR count). The quantitative estimate of drug-likeness (QED) is 0.672. The molecule has 0 spiro atoms. The standard InChI is InChI=1S/C21H25N5O2S/c1-25(2)21-13-16(18-7-3-4-8-19(18)24-21)14-22-20-10-9-17(15-23-20)29(27,28)26-11-5-6-12-26/h3-4,7-10,13,15H,5-6,11-12,14H2,1-2H3,(H,22,23). The van der Waals surface area contributed by atoms with Gasteiger partial charge in [0.05, 0.1) is 5.52 Å². The van der Waals surface area contributed by atoms with E-state index in [-0.39, 0.29) is 4.90 Å². The number of anilines is 2. The topological polar surface area (TPSA) is 78.4 Å². The highest BCUT2D eigenvalue weighted by molar-refractivity contribution is 7.89. The second-order valence-corrected chi connectivity index (χ2v) is 9.33. The minimum absolute atomic E-state index is 0.245. The molecular weight excluding hydrogens is 386 g/mol. The van der Waals surface area contributed by atoms with Gasteiger partial charge in [-0.2, -0.15) is 4.31 Å². The molecule has 1 aliphatic heterocycles. The van der Waals surface area contributed by atoms with Gasteiger partial charge in [-0.15, -0.1) is 0 Å². The summed E-state index contributed by atoms with van der Waals surface area (Å²) < 4.78 is 26.8. The van der Waals surface area contributed by atoms with Crippen LogP contribution < -0.4 is 10.2 Å². The molecule has 1 aliphatic rings. The summed E-state index contributed by atoms with van der Waals surface area (Å²) in [6, 6.07) is 13.4. The van der Waals surface area contributed by atoms with Crippen LogP contribution in [0.15, 0.2) is 53.6 Å². The zero-order chi connectivity index (χ0) is 20.4. The van der Waals surface area contributed by atoms with Crippen molar-refractivity contribution in [2.24, 2.45) is 0 Å². The second-order valence-electron chi connectivity index (χ2n) is 7.40. The van der Waals surface area contributed by atoms with E-state index in [1.807, 2.05) is 37.2 Å². The summed E-state index contributed by atoms with van der Waals surface area (Å²) in [5.74, 6) is 1.53. The summed E-state index contributed by atoms with van der Waals surface area (Å²) in [6.07, 6.45) is 3.27. The maximum atomic E-state index is 12.6. The normalized spacial score (nSPS) is 15.0.